The van der Waals surface area contributed by atoms with Gasteiger partial charge in [0.2, 0.25) is 0 Å². The number of sulfonamides is 1. The van der Waals surface area contributed by atoms with Crippen molar-refractivity contribution < 1.29 is 93.5 Å². The standard InChI is InChI=1S/C13H14F17N3O4S/c1-32(34)5(33(2)35)3-4-31-38(36,37)13(29,30)11(24,25)9(20,21)7(16,17)6(14,15)8(18,19)10(22,23)12(26,27)28/h5,31,34-35H,3-4H2,1-2H3. The normalized spacial score (nSPS) is 16.2. The molecule has 0 heterocycles. The number of hydrogen-bond acceptors (Lipinski definition) is 6. The van der Waals surface area contributed by atoms with Gasteiger partial charge >= 0.3 is 47.0 Å². The van der Waals surface area contributed by atoms with Crippen LogP contribution in [0.4, 0.5) is 74.6 Å². The molecule has 0 spiro atoms. The van der Waals surface area contributed by atoms with Crippen LogP contribution in [0.5, 0.6) is 0 Å². The second-order valence-corrected chi connectivity index (χ2v) is 9.08. The molecule has 0 rings (SSSR count). The Labute approximate surface area is 199 Å². The van der Waals surface area contributed by atoms with Crippen LogP contribution in [0.2, 0.25) is 0 Å². The van der Waals surface area contributed by atoms with E-state index in [1.807, 2.05) is 0 Å². The molecule has 0 unspecified atom stereocenters. The summed E-state index contributed by atoms with van der Waals surface area (Å²) in [5.41, 5.74) is 0. The third kappa shape index (κ3) is 5.32. The van der Waals surface area contributed by atoms with Gasteiger partial charge in [-0.1, -0.05) is 0 Å². The van der Waals surface area contributed by atoms with Crippen LogP contribution in [0.25, 0.3) is 0 Å². The van der Waals surface area contributed by atoms with Gasteiger partial charge in [-0.3, -0.25) is 0 Å². The zero-order chi connectivity index (χ0) is 31.4. The van der Waals surface area contributed by atoms with E-state index in [9.17, 15) is 83.1 Å². The minimum absolute atomic E-state index is 0.0226. The average molecular weight is 631 g/mol. The van der Waals surface area contributed by atoms with Gasteiger partial charge in [0, 0.05) is 20.6 Å². The van der Waals surface area contributed by atoms with Crippen molar-refractivity contribution in [3.05, 3.63) is 0 Å². The van der Waals surface area contributed by atoms with E-state index in [1.54, 1.807) is 0 Å². The van der Waals surface area contributed by atoms with Gasteiger partial charge in [-0.25, -0.2) is 13.1 Å². The van der Waals surface area contributed by atoms with E-state index in [-0.39, 0.29) is 10.1 Å². The molecule has 0 aromatic rings. The summed E-state index contributed by atoms with van der Waals surface area (Å²) in [6.45, 7) is -1.65. The first kappa shape index (κ1) is 36.6. The molecule has 0 atom stereocenters. The van der Waals surface area contributed by atoms with Crippen molar-refractivity contribution in [3.63, 3.8) is 0 Å². The molecule has 230 valence electrons. The molecule has 0 bridgehead atoms. The van der Waals surface area contributed by atoms with Gasteiger partial charge in [0.05, 0.1) is 0 Å². The number of hydroxylamine groups is 4. The van der Waals surface area contributed by atoms with Gasteiger partial charge < -0.3 is 10.4 Å². The molecule has 0 saturated heterocycles. The maximum Gasteiger partial charge on any atom is 0.460 e. The lowest BCUT2D eigenvalue weighted by atomic mass is 9.91. The second kappa shape index (κ2) is 10.2. The Morgan fingerprint density at radius 1 is 0.605 bits per heavy atom. The number of nitrogens with one attached hydrogen (secondary N) is 1. The average Bonchev–Trinajstić information content (AvgIpc) is 2.68. The Morgan fingerprint density at radius 3 is 1.18 bits per heavy atom. The smallest absolute Gasteiger partial charge is 0.313 e. The summed E-state index contributed by atoms with van der Waals surface area (Å²) in [6, 6.07) is 0. The molecule has 0 saturated carbocycles. The molecule has 0 aromatic carbocycles. The van der Waals surface area contributed by atoms with Crippen molar-refractivity contribution in [2.24, 2.45) is 0 Å². The molecular weight excluding hydrogens is 617 g/mol. The van der Waals surface area contributed by atoms with E-state index in [1.165, 1.54) is 0 Å². The highest BCUT2D eigenvalue weighted by Gasteiger charge is 2.96. The van der Waals surface area contributed by atoms with Gasteiger partial charge in [-0.15, -0.1) is 0 Å². The van der Waals surface area contributed by atoms with Crippen molar-refractivity contribution in [2.75, 3.05) is 20.6 Å². The number of nitrogens with zero attached hydrogens (tertiary/aromatic N) is 2. The molecule has 25 heteroatoms. The highest BCUT2D eigenvalue weighted by Crippen LogP contribution is 2.64. The molecule has 0 aromatic heterocycles. The van der Waals surface area contributed by atoms with Gasteiger partial charge in [0.25, 0.3) is 10.0 Å². The van der Waals surface area contributed by atoms with Crippen molar-refractivity contribution in [2.45, 2.75) is 59.6 Å². The Bertz CT molecular complexity index is 928. The molecule has 0 radical (unpaired) electrons. The van der Waals surface area contributed by atoms with Crippen molar-refractivity contribution in [1.29, 1.82) is 0 Å². The fourth-order valence-electron chi connectivity index (χ4n) is 2.35. The Kier molecular flexibility index (Phi) is 9.80. The highest BCUT2D eigenvalue weighted by atomic mass is 32.2. The quantitative estimate of drug-likeness (QED) is 0.160. The van der Waals surface area contributed by atoms with Crippen LogP contribution < -0.4 is 4.72 Å². The predicted molar refractivity (Wildman–Crippen MR) is 85.1 cm³/mol. The molecular formula is C13H14F17N3O4S. The predicted octanol–water partition coefficient (Wildman–Crippen LogP) is 4.23. The number of alkyl halides is 17. The first-order valence-corrected chi connectivity index (χ1v) is 10.3. The zero-order valence-corrected chi connectivity index (χ0v) is 18.7. The minimum Gasteiger partial charge on any atom is -0.313 e. The fourth-order valence-corrected chi connectivity index (χ4v) is 3.38. The topological polar surface area (TPSA) is 93.1 Å². The van der Waals surface area contributed by atoms with E-state index in [2.05, 4.69) is 0 Å². The van der Waals surface area contributed by atoms with Crippen LogP contribution in [0.1, 0.15) is 6.42 Å². The molecule has 3 N–H and O–H groups in total. The largest absolute Gasteiger partial charge is 0.460 e. The summed E-state index contributed by atoms with van der Waals surface area (Å²) in [4.78, 5) is 0. The van der Waals surface area contributed by atoms with Gasteiger partial charge in [-0.05, 0) is 6.42 Å². The Balaban J connectivity index is 6.57. The lowest BCUT2D eigenvalue weighted by molar-refractivity contribution is -0.458. The molecule has 0 aliphatic carbocycles. The summed E-state index contributed by atoms with van der Waals surface area (Å²) >= 11 is 0. The summed E-state index contributed by atoms with van der Waals surface area (Å²) in [5.74, 6) is -52.0. The van der Waals surface area contributed by atoms with Crippen molar-refractivity contribution in [1.82, 2.24) is 14.8 Å². The maximum absolute atomic E-state index is 13.9. The maximum atomic E-state index is 13.9. The summed E-state index contributed by atoms with van der Waals surface area (Å²) in [7, 11) is -6.01. The summed E-state index contributed by atoms with van der Waals surface area (Å²) in [6.07, 6.45) is -10.8. The fraction of sp³-hybridized carbons (Fsp3) is 1.00. The van der Waals surface area contributed by atoms with Crippen LogP contribution in [0, 0.1) is 0 Å². The molecule has 0 amide bonds. The molecule has 0 aliphatic heterocycles. The molecule has 0 fully saturated rings. The number of halogens is 17. The third-order valence-corrected chi connectivity index (χ3v) is 6.10. The van der Waals surface area contributed by atoms with E-state index in [0.29, 0.717) is 4.72 Å². The monoisotopic (exact) mass is 631 g/mol. The minimum atomic E-state index is -8.91. The Hall–Kier alpha value is -1.44. The van der Waals surface area contributed by atoms with Crippen LogP contribution >= 0.6 is 0 Å². The van der Waals surface area contributed by atoms with Gasteiger partial charge in [0.1, 0.15) is 6.17 Å². The second-order valence-electron chi connectivity index (χ2n) is 7.28. The summed E-state index contributed by atoms with van der Waals surface area (Å²) in [5, 5.41) is 10.6. The molecule has 0 aliphatic rings. The lowest BCUT2D eigenvalue weighted by Crippen LogP contribution is -2.75. The number of hydrogen-bond donors (Lipinski definition) is 3. The van der Waals surface area contributed by atoms with Crippen LogP contribution in [0.3, 0.4) is 0 Å². The first-order valence-electron chi connectivity index (χ1n) is 8.78. The SMILES string of the molecule is CN(O)C(CCNS(=O)(=O)C(F)(F)C(F)(F)C(F)(F)C(F)(F)C(F)(F)C(F)(F)C(F)(F)C(F)(F)F)N(C)O. The van der Waals surface area contributed by atoms with Gasteiger partial charge in [-0.2, -0.15) is 84.8 Å². The van der Waals surface area contributed by atoms with E-state index >= 15 is 0 Å². The number of rotatable bonds is 13. The van der Waals surface area contributed by atoms with Gasteiger partial charge in [0.15, 0.2) is 0 Å². The molecule has 7 nitrogen and oxygen atoms in total. The van der Waals surface area contributed by atoms with E-state index in [4.69, 9.17) is 10.4 Å². The van der Waals surface area contributed by atoms with Crippen LogP contribution in [-0.2, 0) is 10.0 Å². The van der Waals surface area contributed by atoms with Crippen molar-refractivity contribution >= 4 is 10.0 Å². The van der Waals surface area contributed by atoms with Crippen molar-refractivity contribution in [3.8, 4) is 0 Å². The highest BCUT2D eigenvalue weighted by molar-refractivity contribution is 7.90. The Morgan fingerprint density at radius 2 is 0.895 bits per heavy atom. The van der Waals surface area contributed by atoms with Crippen LogP contribution in [0.15, 0.2) is 0 Å². The lowest BCUT2D eigenvalue weighted by Gasteiger charge is -2.42. The molecule has 38 heavy (non-hydrogen) atoms. The zero-order valence-electron chi connectivity index (χ0n) is 17.9. The third-order valence-electron chi connectivity index (χ3n) is 4.59. The summed E-state index contributed by atoms with van der Waals surface area (Å²) < 4.78 is 248. The van der Waals surface area contributed by atoms with E-state index < -0.39 is 76.1 Å². The van der Waals surface area contributed by atoms with Crippen LogP contribution in [-0.4, -0.2) is 103 Å². The first-order chi connectivity index (χ1) is 16.2. The van der Waals surface area contributed by atoms with E-state index in [0.717, 1.165) is 14.1 Å².